The maximum atomic E-state index is 13.0. The van der Waals surface area contributed by atoms with Gasteiger partial charge in [0, 0.05) is 17.9 Å². The van der Waals surface area contributed by atoms with E-state index in [0.717, 1.165) is 23.7 Å². The number of halogens is 1. The predicted molar refractivity (Wildman–Crippen MR) is 183 cm³/mol. The lowest BCUT2D eigenvalue weighted by molar-refractivity contribution is -0.128. The standard InChI is InChI=1S/C36H58ClN5O2/c1-7-9-10-11-12-13-14-15-16-17-18-19-20-22-28-23-21-24-29(25-28)44-30(8-2)35(43)38-26-27(3)33-39-34-31(37)32(36(4,5)6)40-42(34)41-33/h21,23-25,27,30H,7-20,22,26H2,1-6H3,(H,38,43)(H,39,41). The van der Waals surface area contributed by atoms with Gasteiger partial charge in [0.15, 0.2) is 11.8 Å². The summed E-state index contributed by atoms with van der Waals surface area (Å²) in [5.74, 6) is 1.32. The molecule has 8 heteroatoms. The van der Waals surface area contributed by atoms with Crippen LogP contribution < -0.4 is 10.1 Å². The third-order valence-electron chi connectivity index (χ3n) is 8.43. The SMILES string of the molecule is CCCCCCCCCCCCCCCc1cccc(OC(CC)C(=O)NCC(C)c2nn3nc(C(C)(C)C)c(Cl)c3[nH]2)c1. The number of carbonyl (C=O) groups is 1. The number of nitrogens with zero attached hydrogens (tertiary/aromatic N) is 3. The maximum absolute atomic E-state index is 13.0. The molecule has 2 unspecified atom stereocenters. The molecule has 0 bridgehead atoms. The van der Waals surface area contributed by atoms with E-state index in [-0.39, 0.29) is 17.2 Å². The summed E-state index contributed by atoms with van der Waals surface area (Å²) >= 11 is 6.58. The fraction of sp³-hybridized carbons (Fsp3) is 0.694. The van der Waals surface area contributed by atoms with Crippen LogP contribution in [0.1, 0.15) is 154 Å². The molecule has 44 heavy (non-hydrogen) atoms. The van der Waals surface area contributed by atoms with E-state index in [1.165, 1.54) is 89.0 Å². The molecule has 1 amide bonds. The number of aromatic amines is 1. The molecule has 2 atom stereocenters. The number of amides is 1. The number of carbonyl (C=O) groups excluding carboxylic acids is 1. The molecule has 0 saturated carbocycles. The Morgan fingerprint density at radius 3 is 2.14 bits per heavy atom. The predicted octanol–water partition coefficient (Wildman–Crippen LogP) is 9.72. The molecular formula is C36H58ClN5O2. The first kappa shape index (κ1) is 35.9. The average Bonchev–Trinajstić information content (AvgIpc) is 3.56. The van der Waals surface area contributed by atoms with Gasteiger partial charge in [-0.15, -0.1) is 9.73 Å². The molecule has 2 N–H and O–H groups in total. The molecule has 0 radical (unpaired) electrons. The number of aryl methyl sites for hydroxylation is 1. The van der Waals surface area contributed by atoms with Crippen molar-refractivity contribution in [2.75, 3.05) is 6.54 Å². The highest BCUT2D eigenvalue weighted by atomic mass is 35.5. The molecule has 3 aromatic rings. The molecule has 1 aromatic carbocycles. The first-order valence-corrected chi connectivity index (χ1v) is 17.7. The number of hydrogen-bond acceptors (Lipinski definition) is 4. The first-order chi connectivity index (χ1) is 21.1. The van der Waals surface area contributed by atoms with E-state index in [1.54, 1.807) is 4.63 Å². The molecule has 0 fully saturated rings. The second kappa shape index (κ2) is 18.4. The van der Waals surface area contributed by atoms with Gasteiger partial charge in [-0.05, 0) is 37.0 Å². The van der Waals surface area contributed by atoms with E-state index < -0.39 is 6.10 Å². The highest BCUT2D eigenvalue weighted by Crippen LogP contribution is 2.31. The Balaban J connectivity index is 1.35. The van der Waals surface area contributed by atoms with Crippen molar-refractivity contribution in [3.63, 3.8) is 0 Å². The highest BCUT2D eigenvalue weighted by Gasteiger charge is 2.26. The smallest absolute Gasteiger partial charge is 0.261 e. The summed E-state index contributed by atoms with van der Waals surface area (Å²) in [5.41, 5.74) is 2.58. The molecule has 0 aliphatic rings. The summed E-state index contributed by atoms with van der Waals surface area (Å²) < 4.78 is 7.71. The van der Waals surface area contributed by atoms with Crippen LogP contribution in [-0.4, -0.2) is 38.4 Å². The minimum Gasteiger partial charge on any atom is -0.481 e. The van der Waals surface area contributed by atoms with Crippen LogP contribution in [-0.2, 0) is 16.6 Å². The zero-order valence-electron chi connectivity index (χ0n) is 28.3. The third-order valence-corrected chi connectivity index (χ3v) is 8.79. The van der Waals surface area contributed by atoms with Crippen molar-refractivity contribution in [1.29, 1.82) is 0 Å². The zero-order chi connectivity index (χ0) is 32.0. The van der Waals surface area contributed by atoms with Gasteiger partial charge in [-0.2, -0.15) is 5.10 Å². The molecule has 7 nitrogen and oxygen atoms in total. The lowest BCUT2D eigenvalue weighted by Gasteiger charge is -2.19. The zero-order valence-corrected chi connectivity index (χ0v) is 29.1. The van der Waals surface area contributed by atoms with Crippen molar-refractivity contribution in [3.8, 4) is 5.75 Å². The van der Waals surface area contributed by atoms with E-state index in [1.807, 2.05) is 26.0 Å². The highest BCUT2D eigenvalue weighted by molar-refractivity contribution is 6.34. The number of ether oxygens (including phenoxy) is 1. The van der Waals surface area contributed by atoms with Crippen LogP contribution in [0.25, 0.3) is 5.65 Å². The van der Waals surface area contributed by atoms with Gasteiger partial charge in [-0.25, -0.2) is 0 Å². The lowest BCUT2D eigenvalue weighted by Crippen LogP contribution is -2.39. The van der Waals surface area contributed by atoms with E-state index in [2.05, 4.69) is 60.3 Å². The topological polar surface area (TPSA) is 84.3 Å². The number of nitrogens with one attached hydrogen (secondary N) is 2. The van der Waals surface area contributed by atoms with Crippen molar-refractivity contribution in [2.45, 2.75) is 155 Å². The van der Waals surface area contributed by atoms with Crippen LogP contribution in [0.15, 0.2) is 24.3 Å². The van der Waals surface area contributed by atoms with Crippen molar-refractivity contribution in [3.05, 3.63) is 46.4 Å². The molecule has 0 saturated heterocycles. The number of unbranched alkanes of at least 4 members (excludes halogenated alkanes) is 12. The number of hydrogen-bond donors (Lipinski definition) is 2. The van der Waals surface area contributed by atoms with Gasteiger partial charge in [-0.1, -0.05) is 142 Å². The molecule has 2 heterocycles. The van der Waals surface area contributed by atoms with Crippen molar-refractivity contribution in [1.82, 2.24) is 25.1 Å². The number of aromatic nitrogens is 4. The van der Waals surface area contributed by atoms with E-state index in [0.29, 0.717) is 23.6 Å². The number of fused-ring (bicyclic) bond motifs is 1. The summed E-state index contributed by atoms with van der Waals surface area (Å²) in [5, 5.41) is 12.8. The monoisotopic (exact) mass is 627 g/mol. The van der Waals surface area contributed by atoms with Gasteiger partial charge in [0.1, 0.15) is 16.6 Å². The van der Waals surface area contributed by atoms with Gasteiger partial charge in [0.05, 0.1) is 5.69 Å². The van der Waals surface area contributed by atoms with Crippen LogP contribution in [0.4, 0.5) is 0 Å². The fourth-order valence-electron chi connectivity index (χ4n) is 5.59. The van der Waals surface area contributed by atoms with E-state index in [9.17, 15) is 4.79 Å². The minimum atomic E-state index is -0.550. The summed E-state index contributed by atoms with van der Waals surface area (Å²) in [6.45, 7) is 12.9. The summed E-state index contributed by atoms with van der Waals surface area (Å²) in [6, 6.07) is 8.23. The number of H-pyrrole nitrogens is 1. The van der Waals surface area contributed by atoms with Crippen molar-refractivity contribution < 1.29 is 9.53 Å². The number of benzene rings is 1. The van der Waals surface area contributed by atoms with Crippen LogP contribution in [0.3, 0.4) is 0 Å². The molecular weight excluding hydrogens is 570 g/mol. The van der Waals surface area contributed by atoms with Crippen LogP contribution in [0.2, 0.25) is 5.02 Å². The lowest BCUT2D eigenvalue weighted by atomic mass is 9.92. The molecule has 0 spiro atoms. The second-order valence-electron chi connectivity index (χ2n) is 13.6. The second-order valence-corrected chi connectivity index (χ2v) is 13.9. The minimum absolute atomic E-state index is 0.0454. The normalized spacial score (nSPS) is 13.3. The van der Waals surface area contributed by atoms with Gasteiger partial charge < -0.3 is 15.0 Å². The fourth-order valence-corrected chi connectivity index (χ4v) is 6.03. The molecule has 0 aliphatic carbocycles. The Labute approximate surface area is 271 Å². The maximum Gasteiger partial charge on any atom is 0.261 e. The van der Waals surface area contributed by atoms with Crippen LogP contribution >= 0.6 is 11.6 Å². The Morgan fingerprint density at radius 2 is 1.57 bits per heavy atom. The Morgan fingerprint density at radius 1 is 0.955 bits per heavy atom. The van der Waals surface area contributed by atoms with Crippen LogP contribution in [0.5, 0.6) is 5.75 Å². The van der Waals surface area contributed by atoms with Crippen LogP contribution in [0, 0.1) is 0 Å². The number of rotatable bonds is 21. The summed E-state index contributed by atoms with van der Waals surface area (Å²) in [6.07, 6.45) is 18.8. The average molecular weight is 628 g/mol. The summed E-state index contributed by atoms with van der Waals surface area (Å²) in [4.78, 5) is 16.3. The largest absolute Gasteiger partial charge is 0.481 e. The molecule has 3 rings (SSSR count). The van der Waals surface area contributed by atoms with Crippen molar-refractivity contribution >= 4 is 23.2 Å². The Kier molecular flexibility index (Phi) is 15.1. The van der Waals surface area contributed by atoms with Crippen molar-refractivity contribution in [2.24, 2.45) is 0 Å². The summed E-state index contributed by atoms with van der Waals surface area (Å²) in [7, 11) is 0. The van der Waals surface area contributed by atoms with Gasteiger partial charge in [-0.3, -0.25) is 4.79 Å². The van der Waals surface area contributed by atoms with Gasteiger partial charge in [0.2, 0.25) is 0 Å². The van der Waals surface area contributed by atoms with E-state index in [4.69, 9.17) is 16.3 Å². The Bertz CT molecular complexity index is 1260. The quantitative estimate of drug-likeness (QED) is 0.115. The van der Waals surface area contributed by atoms with Gasteiger partial charge in [0.25, 0.3) is 5.91 Å². The molecule has 2 aromatic heterocycles. The third kappa shape index (κ3) is 11.4. The Hall–Kier alpha value is -2.54. The van der Waals surface area contributed by atoms with E-state index >= 15 is 0 Å². The molecule has 246 valence electrons. The first-order valence-electron chi connectivity index (χ1n) is 17.3. The van der Waals surface area contributed by atoms with Gasteiger partial charge >= 0.3 is 0 Å². The molecule has 0 aliphatic heterocycles.